The van der Waals surface area contributed by atoms with Crippen molar-refractivity contribution in [1.29, 1.82) is 0 Å². The quantitative estimate of drug-likeness (QED) is 0.167. The summed E-state index contributed by atoms with van der Waals surface area (Å²) in [5, 5.41) is 3.62. The molecule has 1 saturated carbocycles. The molecule has 4 fully saturated rings. The van der Waals surface area contributed by atoms with Crippen molar-refractivity contribution in [1.82, 2.24) is 35.0 Å². The molecule has 13 heteroatoms. The third kappa shape index (κ3) is 7.92. The molecular weight excluding hydrogens is 772 g/mol. The van der Waals surface area contributed by atoms with Crippen LogP contribution in [0.25, 0.3) is 10.9 Å². The molecule has 10 rings (SSSR count). The molecule has 1 unspecified atom stereocenters. The van der Waals surface area contributed by atoms with Gasteiger partial charge < -0.3 is 24.4 Å². The van der Waals surface area contributed by atoms with E-state index in [2.05, 4.69) is 62.3 Å². The number of hydrogen-bond donors (Lipinski definition) is 2. The molecule has 3 saturated heterocycles. The third-order valence-electron chi connectivity index (χ3n) is 15.0. The predicted octanol–water partition coefficient (Wildman–Crippen LogP) is 6.73. The lowest BCUT2D eigenvalue weighted by atomic mass is 9.71. The van der Waals surface area contributed by atoms with E-state index in [-0.39, 0.29) is 42.3 Å². The molecule has 1 aliphatic carbocycles. The fraction of sp³-hybridized carbons (Fsp3) is 0.562. The highest BCUT2D eigenvalue weighted by atomic mass is 19.1. The lowest BCUT2D eigenvalue weighted by Gasteiger charge is -2.48. The number of nitrogens with one attached hydrogen (secondary N) is 2. The molecule has 0 radical (unpaired) electrons. The summed E-state index contributed by atoms with van der Waals surface area (Å²) >= 11 is 0. The maximum Gasteiger partial charge on any atom is 0.316 e. The van der Waals surface area contributed by atoms with Gasteiger partial charge in [0.2, 0.25) is 11.8 Å². The number of aromatic amines is 1. The Morgan fingerprint density at radius 1 is 0.967 bits per heavy atom. The fourth-order valence-electron chi connectivity index (χ4n) is 11.3. The first-order valence-corrected chi connectivity index (χ1v) is 22.7. The molecular formula is C48H59FN8O4. The van der Waals surface area contributed by atoms with Crippen LogP contribution < -0.4 is 15.0 Å². The average Bonchev–Trinajstić information content (AvgIpc) is 3.76. The normalized spacial score (nSPS) is 27.0. The Morgan fingerprint density at radius 3 is 2.44 bits per heavy atom. The van der Waals surface area contributed by atoms with E-state index >= 15 is 4.39 Å². The lowest BCUT2D eigenvalue weighted by Crippen LogP contribution is -2.52. The highest BCUT2D eigenvalue weighted by Gasteiger charge is 2.42. The zero-order valence-electron chi connectivity index (χ0n) is 35.8. The van der Waals surface area contributed by atoms with E-state index in [0.29, 0.717) is 42.4 Å². The van der Waals surface area contributed by atoms with Crippen molar-refractivity contribution >= 4 is 34.3 Å². The van der Waals surface area contributed by atoms with Crippen molar-refractivity contribution in [2.75, 3.05) is 44.2 Å². The number of ether oxygens (including phenoxy) is 1. The summed E-state index contributed by atoms with van der Waals surface area (Å²) in [6.07, 6.45) is 13.5. The number of para-hydroxylation sites is 1. The summed E-state index contributed by atoms with van der Waals surface area (Å²) in [6.45, 7) is 11.7. The van der Waals surface area contributed by atoms with Gasteiger partial charge in [0.1, 0.15) is 17.8 Å². The van der Waals surface area contributed by atoms with Gasteiger partial charge in [0, 0.05) is 84.4 Å². The van der Waals surface area contributed by atoms with Crippen LogP contribution in [0.1, 0.15) is 117 Å². The first-order chi connectivity index (χ1) is 29.4. The standard InChI is InChI=1S/C48H59FN8O4/c1-30-22-38-37-6-4-5-7-39(37)52-42(38)43(57(30)29-47(2,3)49)33-26-50-46(51-27-33)61-35-23-31(24-35)12-17-54-18-13-48(14-19-54)15-20-55(21-16-48)34-8-9-36-32(25-34)28-56(45(36)60)40-10-11-41(58)53-44(40)59/h4-9,25-27,30-31,35,40,43,52H,10-24,28-29H2,1-3H3,(H,53,58,59)/t30-,31?,35?,40?,43-/m1/s1. The fourth-order valence-corrected chi connectivity index (χ4v) is 11.3. The van der Waals surface area contributed by atoms with E-state index in [9.17, 15) is 14.4 Å². The van der Waals surface area contributed by atoms with Gasteiger partial charge in [-0.1, -0.05) is 18.2 Å². The van der Waals surface area contributed by atoms with E-state index in [1.807, 2.05) is 24.5 Å². The largest absolute Gasteiger partial charge is 0.460 e. The number of hydrogen-bond acceptors (Lipinski definition) is 9. The molecule has 322 valence electrons. The molecule has 3 amide bonds. The molecule has 3 atom stereocenters. The molecule has 6 aliphatic rings. The number of nitrogens with zero attached hydrogens (tertiary/aromatic N) is 6. The van der Waals surface area contributed by atoms with Crippen molar-refractivity contribution in [3.8, 4) is 6.01 Å². The van der Waals surface area contributed by atoms with Crippen molar-refractivity contribution in [2.45, 2.75) is 121 Å². The molecule has 1 spiro atoms. The Balaban J connectivity index is 0.675. The van der Waals surface area contributed by atoms with Gasteiger partial charge in [-0.05, 0) is 145 Å². The highest BCUT2D eigenvalue weighted by Crippen LogP contribution is 2.44. The van der Waals surface area contributed by atoms with Crippen LogP contribution in [0.4, 0.5) is 10.1 Å². The first kappa shape index (κ1) is 40.2. The Labute approximate surface area is 357 Å². The van der Waals surface area contributed by atoms with E-state index in [4.69, 9.17) is 14.7 Å². The summed E-state index contributed by atoms with van der Waals surface area (Å²) in [7, 11) is 0. The topological polar surface area (TPSA) is 127 Å². The zero-order valence-corrected chi connectivity index (χ0v) is 35.8. The molecule has 0 bridgehead atoms. The minimum Gasteiger partial charge on any atom is -0.460 e. The van der Waals surface area contributed by atoms with Crippen LogP contribution in [0.15, 0.2) is 54.9 Å². The van der Waals surface area contributed by atoms with Crippen molar-refractivity contribution in [2.24, 2.45) is 11.3 Å². The molecule has 4 aromatic rings. The number of aromatic nitrogens is 3. The highest BCUT2D eigenvalue weighted by molar-refractivity contribution is 6.05. The Kier molecular flexibility index (Phi) is 10.4. The van der Waals surface area contributed by atoms with Gasteiger partial charge in [-0.15, -0.1) is 0 Å². The summed E-state index contributed by atoms with van der Waals surface area (Å²) in [5.74, 6) is -0.101. The zero-order chi connectivity index (χ0) is 42.0. The smallest absolute Gasteiger partial charge is 0.316 e. The SMILES string of the molecule is C[C@@H]1Cc2c([nH]c3ccccc23)[C@@H](c2cnc(OC3CC(CCN4CCC5(CC4)CCN(c4ccc6c(c4)CN(C4CCC(=O)NC4=O)C6=O)CC5)C3)nc2)N1CC(C)(C)F. The summed E-state index contributed by atoms with van der Waals surface area (Å²) in [5.41, 5.74) is 6.29. The van der Waals surface area contributed by atoms with Gasteiger partial charge in [-0.25, -0.2) is 14.4 Å². The second-order valence-electron chi connectivity index (χ2n) is 19.6. The van der Waals surface area contributed by atoms with E-state index in [1.165, 1.54) is 43.1 Å². The number of amides is 3. The summed E-state index contributed by atoms with van der Waals surface area (Å²) in [6, 6.07) is 14.3. The number of fused-ring (bicyclic) bond motifs is 4. The number of carbonyl (C=O) groups excluding carboxylic acids is 3. The Bertz CT molecular complexity index is 2300. The number of H-pyrrole nitrogens is 1. The number of carbonyl (C=O) groups is 3. The van der Waals surface area contributed by atoms with Crippen LogP contribution in [-0.4, -0.2) is 110 Å². The van der Waals surface area contributed by atoms with Crippen LogP contribution in [0.2, 0.25) is 0 Å². The van der Waals surface area contributed by atoms with Gasteiger partial charge in [-0.2, -0.15) is 0 Å². The number of rotatable bonds is 10. The van der Waals surface area contributed by atoms with Crippen LogP contribution in [0.5, 0.6) is 6.01 Å². The number of imide groups is 1. The minimum absolute atomic E-state index is 0.119. The number of halogens is 1. The molecule has 7 heterocycles. The van der Waals surface area contributed by atoms with Gasteiger partial charge in [0.05, 0.1) is 6.04 Å². The average molecular weight is 831 g/mol. The van der Waals surface area contributed by atoms with Gasteiger partial charge in [0.25, 0.3) is 5.91 Å². The molecule has 2 aromatic carbocycles. The number of likely N-dealkylation sites (tertiary alicyclic amines) is 1. The molecule has 5 aliphatic heterocycles. The van der Waals surface area contributed by atoms with Crippen molar-refractivity contribution < 1.29 is 23.5 Å². The van der Waals surface area contributed by atoms with Crippen molar-refractivity contribution in [3.05, 3.63) is 82.8 Å². The Morgan fingerprint density at radius 2 is 1.70 bits per heavy atom. The monoisotopic (exact) mass is 830 g/mol. The number of piperidine rings is 3. The second-order valence-corrected chi connectivity index (χ2v) is 19.6. The summed E-state index contributed by atoms with van der Waals surface area (Å²) < 4.78 is 21.4. The first-order valence-electron chi connectivity index (χ1n) is 22.7. The van der Waals surface area contributed by atoms with Crippen LogP contribution in [-0.2, 0) is 22.6 Å². The molecule has 12 nitrogen and oxygen atoms in total. The van der Waals surface area contributed by atoms with Gasteiger partial charge >= 0.3 is 6.01 Å². The van der Waals surface area contributed by atoms with Crippen LogP contribution in [0.3, 0.4) is 0 Å². The number of alkyl halides is 1. The lowest BCUT2D eigenvalue weighted by molar-refractivity contribution is -0.136. The second kappa shape index (κ2) is 15.8. The molecule has 2 N–H and O–H groups in total. The van der Waals surface area contributed by atoms with Crippen LogP contribution >= 0.6 is 0 Å². The van der Waals surface area contributed by atoms with Crippen LogP contribution in [0, 0.1) is 11.3 Å². The Hall–Kier alpha value is -4.88. The maximum absolute atomic E-state index is 15.2. The summed E-state index contributed by atoms with van der Waals surface area (Å²) in [4.78, 5) is 59.4. The van der Waals surface area contributed by atoms with Gasteiger partial charge in [0.15, 0.2) is 0 Å². The van der Waals surface area contributed by atoms with E-state index < -0.39 is 11.7 Å². The van der Waals surface area contributed by atoms with E-state index in [0.717, 1.165) is 80.0 Å². The predicted molar refractivity (Wildman–Crippen MR) is 231 cm³/mol. The van der Waals surface area contributed by atoms with Crippen molar-refractivity contribution in [3.63, 3.8) is 0 Å². The molecule has 2 aromatic heterocycles. The van der Waals surface area contributed by atoms with E-state index in [1.54, 1.807) is 18.7 Å². The third-order valence-corrected chi connectivity index (χ3v) is 15.0. The van der Waals surface area contributed by atoms with Gasteiger partial charge in [-0.3, -0.25) is 24.6 Å². The number of anilines is 1. The maximum atomic E-state index is 15.2. The number of benzene rings is 2. The molecule has 61 heavy (non-hydrogen) atoms. The minimum atomic E-state index is -1.35.